The summed E-state index contributed by atoms with van der Waals surface area (Å²) in [4.78, 5) is 0. The van der Waals surface area contributed by atoms with Gasteiger partial charge in [0.1, 0.15) is 0 Å². The van der Waals surface area contributed by atoms with Crippen molar-refractivity contribution in [3.05, 3.63) is 17.0 Å². The van der Waals surface area contributed by atoms with Crippen LogP contribution in [0.25, 0.3) is 0 Å². The Bertz CT molecular complexity index is 380. The Morgan fingerprint density at radius 2 is 2.29 bits per heavy atom. The van der Waals surface area contributed by atoms with Crippen LogP contribution >= 0.6 is 0 Å². The predicted molar refractivity (Wildman–Crippen MR) is 67.9 cm³/mol. The molecule has 0 amide bonds. The highest BCUT2D eigenvalue weighted by atomic mass is 16.5. The lowest BCUT2D eigenvalue weighted by Crippen LogP contribution is -2.31. The lowest BCUT2D eigenvalue weighted by atomic mass is 9.93. The summed E-state index contributed by atoms with van der Waals surface area (Å²) >= 11 is 0. The molecule has 0 bridgehead atoms. The first-order chi connectivity index (χ1) is 8.09. The van der Waals surface area contributed by atoms with E-state index in [-0.39, 0.29) is 6.04 Å². The summed E-state index contributed by atoms with van der Waals surface area (Å²) in [6.45, 7) is 5.92. The first-order valence-electron chi connectivity index (χ1n) is 6.42. The molecular formula is C13H23N3O. The van der Waals surface area contributed by atoms with Crippen LogP contribution in [-0.2, 0) is 18.2 Å². The van der Waals surface area contributed by atoms with Gasteiger partial charge < -0.3 is 10.5 Å². The molecule has 1 aromatic rings. The van der Waals surface area contributed by atoms with Gasteiger partial charge in [-0.15, -0.1) is 0 Å². The molecule has 1 aliphatic heterocycles. The Morgan fingerprint density at radius 1 is 1.53 bits per heavy atom. The van der Waals surface area contributed by atoms with Crippen molar-refractivity contribution in [3.63, 3.8) is 0 Å². The second-order valence-electron chi connectivity index (χ2n) is 5.10. The van der Waals surface area contributed by atoms with Gasteiger partial charge in [0.2, 0.25) is 0 Å². The number of hydrogen-bond acceptors (Lipinski definition) is 3. The molecule has 0 aromatic carbocycles. The van der Waals surface area contributed by atoms with E-state index in [1.165, 1.54) is 11.3 Å². The highest BCUT2D eigenvalue weighted by molar-refractivity contribution is 5.24. The van der Waals surface area contributed by atoms with Crippen molar-refractivity contribution >= 4 is 0 Å². The van der Waals surface area contributed by atoms with Crippen LogP contribution in [-0.4, -0.2) is 29.0 Å². The topological polar surface area (TPSA) is 53.1 Å². The molecule has 2 atom stereocenters. The molecule has 0 saturated carbocycles. The van der Waals surface area contributed by atoms with E-state index in [1.807, 2.05) is 11.7 Å². The standard InChI is InChI=1S/C13H23N3O/c1-9-12(10(2)16(3)15-9)4-5-13(14)11-6-7-17-8-11/h11,13H,4-8,14H2,1-3H3. The Kier molecular flexibility index (Phi) is 3.84. The Morgan fingerprint density at radius 3 is 2.82 bits per heavy atom. The molecule has 1 aliphatic rings. The largest absolute Gasteiger partial charge is 0.381 e. The van der Waals surface area contributed by atoms with Gasteiger partial charge in [-0.25, -0.2) is 0 Å². The third-order valence-electron chi connectivity index (χ3n) is 3.96. The van der Waals surface area contributed by atoms with Crippen LogP contribution in [0.4, 0.5) is 0 Å². The van der Waals surface area contributed by atoms with Gasteiger partial charge in [-0.1, -0.05) is 0 Å². The van der Waals surface area contributed by atoms with Crippen LogP contribution < -0.4 is 5.73 Å². The van der Waals surface area contributed by atoms with Crippen molar-refractivity contribution in [2.75, 3.05) is 13.2 Å². The van der Waals surface area contributed by atoms with Gasteiger partial charge in [0.05, 0.1) is 12.3 Å². The highest BCUT2D eigenvalue weighted by Gasteiger charge is 2.23. The molecule has 0 aliphatic carbocycles. The molecule has 4 heteroatoms. The van der Waals surface area contributed by atoms with Gasteiger partial charge in [-0.3, -0.25) is 4.68 Å². The van der Waals surface area contributed by atoms with E-state index in [0.717, 1.165) is 38.2 Å². The normalized spacial score (nSPS) is 22.0. The lowest BCUT2D eigenvalue weighted by Gasteiger charge is -2.17. The first kappa shape index (κ1) is 12.6. The maximum atomic E-state index is 6.23. The molecule has 1 fully saturated rings. The molecule has 2 rings (SSSR count). The summed E-state index contributed by atoms with van der Waals surface area (Å²) < 4.78 is 7.34. The molecule has 96 valence electrons. The minimum atomic E-state index is 0.261. The molecule has 0 radical (unpaired) electrons. The summed E-state index contributed by atoms with van der Waals surface area (Å²) in [5.74, 6) is 0.548. The van der Waals surface area contributed by atoms with Gasteiger partial charge in [0.25, 0.3) is 0 Å². The maximum absolute atomic E-state index is 6.23. The number of ether oxygens (including phenoxy) is 1. The fourth-order valence-electron chi connectivity index (χ4n) is 2.62. The van der Waals surface area contributed by atoms with Gasteiger partial charge in [-0.2, -0.15) is 5.10 Å². The minimum Gasteiger partial charge on any atom is -0.381 e. The Labute approximate surface area is 103 Å². The highest BCUT2D eigenvalue weighted by Crippen LogP contribution is 2.20. The van der Waals surface area contributed by atoms with Gasteiger partial charge in [0.15, 0.2) is 0 Å². The van der Waals surface area contributed by atoms with Crippen LogP contribution in [0.15, 0.2) is 0 Å². The van der Waals surface area contributed by atoms with Gasteiger partial charge in [0, 0.05) is 25.4 Å². The molecule has 1 saturated heterocycles. The van der Waals surface area contributed by atoms with Crippen molar-refractivity contribution in [1.82, 2.24) is 9.78 Å². The van der Waals surface area contributed by atoms with Crippen LogP contribution in [0.3, 0.4) is 0 Å². The number of nitrogens with two attached hydrogens (primary N) is 1. The summed E-state index contributed by atoms with van der Waals surface area (Å²) in [6, 6.07) is 0.261. The molecule has 17 heavy (non-hydrogen) atoms. The van der Waals surface area contributed by atoms with E-state index in [9.17, 15) is 0 Å². The SMILES string of the molecule is Cc1nn(C)c(C)c1CCC(N)C1CCOC1. The van der Waals surface area contributed by atoms with E-state index in [1.54, 1.807) is 0 Å². The predicted octanol–water partition coefficient (Wildman–Crippen LogP) is 1.33. The smallest absolute Gasteiger partial charge is 0.0628 e. The number of nitrogens with zero attached hydrogens (tertiary/aromatic N) is 2. The minimum absolute atomic E-state index is 0.261. The molecule has 1 aromatic heterocycles. The zero-order chi connectivity index (χ0) is 12.4. The number of aromatic nitrogens is 2. The van der Waals surface area contributed by atoms with E-state index in [2.05, 4.69) is 18.9 Å². The van der Waals surface area contributed by atoms with Crippen molar-refractivity contribution in [1.29, 1.82) is 0 Å². The van der Waals surface area contributed by atoms with E-state index >= 15 is 0 Å². The Hall–Kier alpha value is -0.870. The second-order valence-corrected chi connectivity index (χ2v) is 5.10. The van der Waals surface area contributed by atoms with Crippen molar-refractivity contribution in [3.8, 4) is 0 Å². The quantitative estimate of drug-likeness (QED) is 0.859. The van der Waals surface area contributed by atoms with Crippen LogP contribution in [0.5, 0.6) is 0 Å². The fourth-order valence-corrected chi connectivity index (χ4v) is 2.62. The maximum Gasteiger partial charge on any atom is 0.0628 e. The van der Waals surface area contributed by atoms with E-state index in [4.69, 9.17) is 10.5 Å². The van der Waals surface area contributed by atoms with Crippen molar-refractivity contribution in [2.24, 2.45) is 18.7 Å². The average molecular weight is 237 g/mol. The molecule has 2 unspecified atom stereocenters. The molecular weight excluding hydrogens is 214 g/mol. The van der Waals surface area contributed by atoms with Crippen LogP contribution in [0, 0.1) is 19.8 Å². The van der Waals surface area contributed by atoms with Crippen LogP contribution in [0.2, 0.25) is 0 Å². The summed E-state index contributed by atoms with van der Waals surface area (Å²) in [7, 11) is 2.00. The molecule has 2 heterocycles. The van der Waals surface area contributed by atoms with Gasteiger partial charge in [-0.05, 0) is 44.6 Å². The summed E-state index contributed by atoms with van der Waals surface area (Å²) in [5, 5.41) is 4.44. The number of hydrogen-bond donors (Lipinski definition) is 1. The third kappa shape index (κ3) is 2.69. The van der Waals surface area contributed by atoms with Crippen molar-refractivity contribution in [2.45, 2.75) is 39.2 Å². The second kappa shape index (κ2) is 5.19. The summed E-state index contributed by atoms with van der Waals surface area (Å²) in [5.41, 5.74) is 9.99. The average Bonchev–Trinajstić information content (AvgIpc) is 2.88. The zero-order valence-electron chi connectivity index (χ0n) is 11.1. The van der Waals surface area contributed by atoms with Gasteiger partial charge >= 0.3 is 0 Å². The molecule has 4 nitrogen and oxygen atoms in total. The zero-order valence-corrected chi connectivity index (χ0v) is 11.1. The monoisotopic (exact) mass is 237 g/mol. The third-order valence-corrected chi connectivity index (χ3v) is 3.96. The van der Waals surface area contributed by atoms with Crippen molar-refractivity contribution < 1.29 is 4.74 Å². The summed E-state index contributed by atoms with van der Waals surface area (Å²) in [6.07, 6.45) is 3.18. The van der Waals surface area contributed by atoms with E-state index < -0.39 is 0 Å². The molecule has 0 spiro atoms. The first-order valence-corrected chi connectivity index (χ1v) is 6.42. The fraction of sp³-hybridized carbons (Fsp3) is 0.769. The Balaban J connectivity index is 1.92. The lowest BCUT2D eigenvalue weighted by molar-refractivity contribution is 0.180. The molecule has 2 N–H and O–H groups in total. The number of aryl methyl sites for hydroxylation is 2. The van der Waals surface area contributed by atoms with Crippen LogP contribution in [0.1, 0.15) is 29.8 Å². The van der Waals surface area contributed by atoms with E-state index in [0.29, 0.717) is 5.92 Å². The number of rotatable bonds is 4.